The van der Waals surface area contributed by atoms with Gasteiger partial charge in [-0.25, -0.2) is 13.6 Å². The van der Waals surface area contributed by atoms with Gasteiger partial charge in [0.25, 0.3) is 0 Å². The number of carboxylic acids is 1. The minimum atomic E-state index is -1.36. The predicted octanol–water partition coefficient (Wildman–Crippen LogP) is 5.78. The summed E-state index contributed by atoms with van der Waals surface area (Å²) in [5.74, 6) is -2.61. The first-order valence-corrected chi connectivity index (χ1v) is 10.9. The molecular formula is C27H25F2N3O3. The molecule has 4 rings (SSSR count). The van der Waals surface area contributed by atoms with E-state index in [0.717, 1.165) is 11.9 Å². The lowest BCUT2D eigenvalue weighted by Crippen LogP contribution is -2.27. The van der Waals surface area contributed by atoms with Crippen LogP contribution in [0.1, 0.15) is 35.5 Å². The second kappa shape index (κ2) is 8.96. The lowest BCUT2D eigenvalue weighted by molar-refractivity contribution is 0.0692. The fourth-order valence-corrected chi connectivity index (χ4v) is 4.56. The molecule has 1 heterocycles. The average Bonchev–Trinajstić information content (AvgIpc) is 3.13. The van der Waals surface area contributed by atoms with E-state index in [4.69, 9.17) is 15.9 Å². The van der Waals surface area contributed by atoms with Crippen LogP contribution in [-0.2, 0) is 10.2 Å². The molecule has 180 valence electrons. The molecule has 8 heteroatoms. The minimum Gasteiger partial charge on any atom is -0.478 e. The number of aromatic carboxylic acids is 1. The summed E-state index contributed by atoms with van der Waals surface area (Å²) in [7, 11) is 1.58. The number of hydrogen-bond acceptors (Lipinski definition) is 4. The maximum atomic E-state index is 14.8. The Morgan fingerprint density at radius 2 is 1.83 bits per heavy atom. The first-order chi connectivity index (χ1) is 16.6. The van der Waals surface area contributed by atoms with E-state index < -0.39 is 22.8 Å². The molecule has 0 aliphatic rings. The van der Waals surface area contributed by atoms with Gasteiger partial charge in [0.2, 0.25) is 0 Å². The zero-order valence-corrected chi connectivity index (χ0v) is 19.5. The molecule has 35 heavy (non-hydrogen) atoms. The molecule has 3 aromatic carbocycles. The van der Waals surface area contributed by atoms with E-state index in [1.165, 1.54) is 24.3 Å². The molecule has 1 aromatic heterocycles. The molecule has 0 aliphatic carbocycles. The fraction of sp³-hybridized carbons (Fsp3) is 0.185. The van der Waals surface area contributed by atoms with Gasteiger partial charge in [0.05, 0.1) is 17.7 Å². The molecule has 0 fully saturated rings. The Labute approximate surface area is 201 Å². The first-order valence-electron chi connectivity index (χ1n) is 10.9. The summed E-state index contributed by atoms with van der Waals surface area (Å²) in [5, 5.41) is 17.8. The fourth-order valence-electron chi connectivity index (χ4n) is 4.56. The smallest absolute Gasteiger partial charge is 0.338 e. The molecule has 4 aromatic rings. The summed E-state index contributed by atoms with van der Waals surface area (Å²) in [5.41, 5.74) is 9.22. The van der Waals surface area contributed by atoms with E-state index in [1.807, 2.05) is 18.4 Å². The number of halogens is 2. The topological polar surface area (TPSA) is 101 Å². The molecule has 0 saturated heterocycles. The Morgan fingerprint density at radius 3 is 2.40 bits per heavy atom. The molecule has 0 bridgehead atoms. The maximum Gasteiger partial charge on any atom is 0.338 e. The SMILES string of the molecule is COCC(C)(C)c1c(-c2ccc(C(=O)O)c(F)c2)c2cc(N)c(C=N)cc2n1-c1ccc(F)cc1. The number of anilines is 1. The monoisotopic (exact) mass is 477 g/mol. The number of nitrogens with zero attached hydrogens (tertiary/aromatic N) is 1. The number of benzene rings is 3. The van der Waals surface area contributed by atoms with E-state index in [0.29, 0.717) is 45.6 Å². The zero-order chi connectivity index (χ0) is 25.5. The number of carboxylic acid groups (broad SMARTS) is 1. The highest BCUT2D eigenvalue weighted by Gasteiger charge is 2.32. The second-order valence-corrected chi connectivity index (χ2v) is 8.99. The highest BCUT2D eigenvalue weighted by atomic mass is 19.1. The third kappa shape index (κ3) is 4.17. The molecular weight excluding hydrogens is 452 g/mol. The first kappa shape index (κ1) is 24.1. The van der Waals surface area contributed by atoms with Crippen LogP contribution in [-0.4, -0.2) is 35.6 Å². The van der Waals surface area contributed by atoms with Crippen molar-refractivity contribution < 1.29 is 23.4 Å². The number of carbonyl (C=O) groups is 1. The Kier molecular flexibility index (Phi) is 6.17. The summed E-state index contributed by atoms with van der Waals surface area (Å²) in [6.07, 6.45) is 1.15. The number of nitrogens with one attached hydrogen (secondary N) is 1. The van der Waals surface area contributed by atoms with Crippen LogP contribution >= 0.6 is 0 Å². The van der Waals surface area contributed by atoms with Crippen LogP contribution in [0, 0.1) is 17.0 Å². The molecule has 0 amide bonds. The lowest BCUT2D eigenvalue weighted by Gasteiger charge is -2.28. The van der Waals surface area contributed by atoms with Crippen LogP contribution in [0.25, 0.3) is 27.7 Å². The van der Waals surface area contributed by atoms with Gasteiger partial charge in [-0.15, -0.1) is 0 Å². The normalized spacial score (nSPS) is 11.7. The number of nitrogen functional groups attached to an aromatic ring is 1. The van der Waals surface area contributed by atoms with Gasteiger partial charge in [-0.3, -0.25) is 0 Å². The lowest BCUT2D eigenvalue weighted by atomic mass is 9.84. The van der Waals surface area contributed by atoms with E-state index in [-0.39, 0.29) is 5.82 Å². The second-order valence-electron chi connectivity index (χ2n) is 8.99. The van der Waals surface area contributed by atoms with Gasteiger partial charge < -0.3 is 25.6 Å². The molecule has 4 N–H and O–H groups in total. The molecule has 6 nitrogen and oxygen atoms in total. The van der Waals surface area contributed by atoms with Crippen LogP contribution in [0.5, 0.6) is 0 Å². The van der Waals surface area contributed by atoms with Crippen LogP contribution in [0.4, 0.5) is 14.5 Å². The molecule has 0 saturated carbocycles. The van der Waals surface area contributed by atoms with E-state index in [1.54, 1.807) is 37.4 Å². The van der Waals surface area contributed by atoms with Crippen LogP contribution in [0.2, 0.25) is 0 Å². The Bertz CT molecular complexity index is 1460. The van der Waals surface area contributed by atoms with E-state index in [2.05, 4.69) is 0 Å². The standard InChI is InChI=1S/C27H25F2N3O3/c1-27(2,14-35-3)25-24(15-4-9-19(26(33)34)21(29)10-15)20-12-22(31)16(13-30)11-23(20)32(25)18-7-5-17(28)6-8-18/h4-13,30H,14,31H2,1-3H3,(H,33,34). The highest BCUT2D eigenvalue weighted by Crippen LogP contribution is 2.44. The van der Waals surface area contributed by atoms with Gasteiger partial charge >= 0.3 is 5.97 Å². The maximum absolute atomic E-state index is 14.8. The van der Waals surface area contributed by atoms with E-state index in [9.17, 15) is 18.7 Å². The third-order valence-corrected chi connectivity index (χ3v) is 6.05. The molecule has 0 atom stereocenters. The molecule has 0 radical (unpaired) electrons. The van der Waals surface area contributed by atoms with Crippen molar-refractivity contribution >= 4 is 28.8 Å². The quantitative estimate of drug-likeness (QED) is 0.232. The van der Waals surface area contributed by atoms with Crippen LogP contribution < -0.4 is 5.73 Å². The Hall–Kier alpha value is -4.04. The predicted molar refractivity (Wildman–Crippen MR) is 133 cm³/mol. The van der Waals surface area contributed by atoms with Crippen molar-refractivity contribution in [2.24, 2.45) is 0 Å². The largest absolute Gasteiger partial charge is 0.478 e. The average molecular weight is 478 g/mol. The van der Waals surface area contributed by atoms with Gasteiger partial charge in [0.1, 0.15) is 11.6 Å². The highest BCUT2D eigenvalue weighted by molar-refractivity contribution is 6.05. The Morgan fingerprint density at radius 1 is 1.14 bits per heavy atom. The zero-order valence-electron chi connectivity index (χ0n) is 19.5. The van der Waals surface area contributed by atoms with Crippen molar-refractivity contribution in [3.63, 3.8) is 0 Å². The van der Waals surface area contributed by atoms with Gasteiger partial charge in [-0.05, 0) is 54.1 Å². The van der Waals surface area contributed by atoms with Crippen molar-refractivity contribution in [1.82, 2.24) is 4.57 Å². The number of hydrogen-bond donors (Lipinski definition) is 3. The van der Waals surface area contributed by atoms with Gasteiger partial charge in [-0.1, -0.05) is 19.9 Å². The van der Waals surface area contributed by atoms with Crippen molar-refractivity contribution in [3.05, 3.63) is 83.1 Å². The number of rotatable bonds is 7. The van der Waals surface area contributed by atoms with Crippen molar-refractivity contribution in [2.75, 3.05) is 19.5 Å². The molecule has 0 unspecified atom stereocenters. The van der Waals surface area contributed by atoms with E-state index >= 15 is 0 Å². The number of aromatic nitrogens is 1. The van der Waals surface area contributed by atoms with Crippen molar-refractivity contribution in [1.29, 1.82) is 5.41 Å². The number of fused-ring (bicyclic) bond motifs is 1. The van der Waals surface area contributed by atoms with Crippen molar-refractivity contribution in [2.45, 2.75) is 19.3 Å². The number of methoxy groups -OCH3 is 1. The minimum absolute atomic E-state index is 0.306. The summed E-state index contributed by atoms with van der Waals surface area (Å²) >= 11 is 0. The molecule has 0 spiro atoms. The van der Waals surface area contributed by atoms with Gasteiger partial charge in [0.15, 0.2) is 0 Å². The summed E-state index contributed by atoms with van der Waals surface area (Å²) in [6, 6.07) is 13.5. The van der Waals surface area contributed by atoms with Crippen molar-refractivity contribution in [3.8, 4) is 16.8 Å². The summed E-state index contributed by atoms with van der Waals surface area (Å²) in [4.78, 5) is 11.4. The van der Waals surface area contributed by atoms with Gasteiger partial charge in [0, 0.05) is 52.3 Å². The molecule has 0 aliphatic heterocycles. The van der Waals surface area contributed by atoms with Crippen LogP contribution in [0.15, 0.2) is 54.6 Å². The van der Waals surface area contributed by atoms with Gasteiger partial charge in [-0.2, -0.15) is 0 Å². The third-order valence-electron chi connectivity index (χ3n) is 6.05. The Balaban J connectivity index is 2.21. The summed E-state index contributed by atoms with van der Waals surface area (Å²) in [6.45, 7) is 4.24. The summed E-state index contributed by atoms with van der Waals surface area (Å²) < 4.78 is 36.1. The van der Waals surface area contributed by atoms with Crippen LogP contribution in [0.3, 0.4) is 0 Å². The number of ether oxygens (including phenoxy) is 1. The number of nitrogens with two attached hydrogens (primary N) is 1.